The van der Waals surface area contributed by atoms with E-state index in [0.29, 0.717) is 18.1 Å². The lowest BCUT2D eigenvalue weighted by atomic mass is 10.2. The molecule has 5 heteroatoms. The average Bonchev–Trinajstić information content (AvgIpc) is 2.30. The summed E-state index contributed by atoms with van der Waals surface area (Å²) in [6.45, 7) is 2.57. The number of rotatable bonds is 1. The van der Waals surface area contributed by atoms with Crippen molar-refractivity contribution in [1.82, 2.24) is 4.90 Å². The van der Waals surface area contributed by atoms with Crippen LogP contribution in [0.5, 0.6) is 0 Å². The summed E-state index contributed by atoms with van der Waals surface area (Å²) in [6, 6.07) is 7.61. The van der Waals surface area contributed by atoms with Gasteiger partial charge in [0.15, 0.2) is 0 Å². The van der Waals surface area contributed by atoms with Crippen LogP contribution in [-0.2, 0) is 0 Å². The Morgan fingerprint density at radius 1 is 1.12 bits per heavy atom. The molecule has 1 fully saturated rings. The van der Waals surface area contributed by atoms with E-state index in [4.69, 9.17) is 16.7 Å². The van der Waals surface area contributed by atoms with Crippen molar-refractivity contribution in [3.8, 4) is 0 Å². The third-order valence-electron chi connectivity index (χ3n) is 2.74. The lowest BCUT2D eigenvalue weighted by molar-refractivity contribution is 0.142. The molecule has 1 aliphatic rings. The maximum absolute atomic E-state index is 10.7. The third kappa shape index (κ3) is 2.39. The zero-order valence-corrected chi connectivity index (χ0v) is 9.52. The number of nitrogens with zero attached hydrogens (tertiary/aromatic N) is 2. The highest BCUT2D eigenvalue weighted by molar-refractivity contribution is 6.30. The van der Waals surface area contributed by atoms with Gasteiger partial charge in [-0.05, 0) is 24.3 Å². The number of hydrogen-bond donors (Lipinski definition) is 1. The quantitative estimate of drug-likeness (QED) is 0.818. The van der Waals surface area contributed by atoms with Gasteiger partial charge in [0.25, 0.3) is 0 Å². The summed E-state index contributed by atoms with van der Waals surface area (Å²) in [5.74, 6) is 0. The van der Waals surface area contributed by atoms with Gasteiger partial charge in [-0.25, -0.2) is 4.79 Å². The van der Waals surface area contributed by atoms with Gasteiger partial charge < -0.3 is 14.9 Å². The Kier molecular flexibility index (Phi) is 3.19. The molecule has 1 amide bonds. The van der Waals surface area contributed by atoms with Crippen LogP contribution in [0.4, 0.5) is 10.5 Å². The van der Waals surface area contributed by atoms with Crippen molar-refractivity contribution in [2.45, 2.75) is 0 Å². The molecule has 86 valence electrons. The molecule has 0 unspecified atom stereocenters. The van der Waals surface area contributed by atoms with E-state index >= 15 is 0 Å². The van der Waals surface area contributed by atoms with Gasteiger partial charge in [-0.3, -0.25) is 0 Å². The summed E-state index contributed by atoms with van der Waals surface area (Å²) >= 11 is 5.81. The molecule has 0 aliphatic carbocycles. The minimum atomic E-state index is -0.837. The highest BCUT2D eigenvalue weighted by Gasteiger charge is 2.20. The molecular weight excluding hydrogens is 228 g/mol. The van der Waals surface area contributed by atoms with Crippen LogP contribution in [0.25, 0.3) is 0 Å². The maximum atomic E-state index is 10.7. The lowest BCUT2D eigenvalue weighted by Gasteiger charge is -2.34. The van der Waals surface area contributed by atoms with E-state index in [9.17, 15) is 4.79 Å². The van der Waals surface area contributed by atoms with Crippen LogP contribution in [0.15, 0.2) is 24.3 Å². The van der Waals surface area contributed by atoms with Gasteiger partial charge in [0, 0.05) is 36.9 Å². The Morgan fingerprint density at radius 3 is 2.19 bits per heavy atom. The van der Waals surface area contributed by atoms with Gasteiger partial charge in [-0.1, -0.05) is 11.6 Å². The lowest BCUT2D eigenvalue weighted by Crippen LogP contribution is -2.48. The van der Waals surface area contributed by atoms with E-state index in [0.717, 1.165) is 18.8 Å². The summed E-state index contributed by atoms with van der Waals surface area (Å²) in [5, 5.41) is 9.54. The van der Waals surface area contributed by atoms with Gasteiger partial charge in [0.1, 0.15) is 0 Å². The van der Waals surface area contributed by atoms with Crippen LogP contribution in [0, 0.1) is 0 Å². The van der Waals surface area contributed by atoms with Gasteiger partial charge in [0.2, 0.25) is 0 Å². The Labute approximate surface area is 99.0 Å². The first-order valence-corrected chi connectivity index (χ1v) is 5.53. The predicted octanol–water partition coefficient (Wildman–Crippen LogP) is 2.14. The second-order valence-corrected chi connectivity index (χ2v) is 4.17. The molecular formula is C11H13ClN2O2. The zero-order valence-electron chi connectivity index (χ0n) is 8.77. The molecule has 1 aliphatic heterocycles. The predicted molar refractivity (Wildman–Crippen MR) is 63.3 cm³/mol. The highest BCUT2D eigenvalue weighted by atomic mass is 35.5. The first kappa shape index (κ1) is 11.1. The molecule has 0 spiro atoms. The van der Waals surface area contributed by atoms with Crippen molar-refractivity contribution in [3.05, 3.63) is 29.3 Å². The minimum Gasteiger partial charge on any atom is -0.465 e. The first-order valence-electron chi connectivity index (χ1n) is 5.15. The molecule has 2 rings (SSSR count). The van der Waals surface area contributed by atoms with Gasteiger partial charge in [-0.2, -0.15) is 0 Å². The second kappa shape index (κ2) is 4.61. The number of hydrogen-bond acceptors (Lipinski definition) is 2. The standard InChI is InChI=1S/C11H13ClN2O2/c12-9-1-3-10(4-2-9)13-5-7-14(8-6-13)11(15)16/h1-4H,5-8H2,(H,15,16). The summed E-state index contributed by atoms with van der Waals surface area (Å²) in [7, 11) is 0. The Hall–Kier alpha value is -1.42. The van der Waals surface area contributed by atoms with E-state index in [2.05, 4.69) is 4.90 Å². The fraction of sp³-hybridized carbons (Fsp3) is 0.364. The molecule has 0 atom stereocenters. The molecule has 0 bridgehead atoms. The molecule has 4 nitrogen and oxygen atoms in total. The zero-order chi connectivity index (χ0) is 11.5. The van der Waals surface area contributed by atoms with E-state index < -0.39 is 6.09 Å². The molecule has 1 N–H and O–H groups in total. The number of amides is 1. The van der Waals surface area contributed by atoms with Crippen molar-refractivity contribution >= 4 is 23.4 Å². The smallest absolute Gasteiger partial charge is 0.407 e. The number of benzene rings is 1. The number of piperazine rings is 1. The Balaban J connectivity index is 1.99. The SMILES string of the molecule is O=C(O)N1CCN(c2ccc(Cl)cc2)CC1. The summed E-state index contributed by atoms with van der Waals surface area (Å²) in [4.78, 5) is 14.3. The average molecular weight is 241 g/mol. The minimum absolute atomic E-state index is 0.554. The molecule has 1 aromatic rings. The fourth-order valence-corrected chi connectivity index (χ4v) is 1.93. The molecule has 16 heavy (non-hydrogen) atoms. The molecule has 1 heterocycles. The Morgan fingerprint density at radius 2 is 1.69 bits per heavy atom. The van der Waals surface area contributed by atoms with Crippen LogP contribution < -0.4 is 4.90 Å². The van der Waals surface area contributed by atoms with E-state index in [-0.39, 0.29) is 0 Å². The second-order valence-electron chi connectivity index (χ2n) is 3.73. The summed E-state index contributed by atoms with van der Waals surface area (Å²) in [5.41, 5.74) is 1.09. The van der Waals surface area contributed by atoms with Crippen LogP contribution in [0.3, 0.4) is 0 Å². The molecule has 1 saturated heterocycles. The van der Waals surface area contributed by atoms with Gasteiger partial charge in [0.05, 0.1) is 0 Å². The largest absolute Gasteiger partial charge is 0.465 e. The number of anilines is 1. The van der Waals surface area contributed by atoms with Crippen molar-refractivity contribution < 1.29 is 9.90 Å². The van der Waals surface area contributed by atoms with Crippen LogP contribution in [0.1, 0.15) is 0 Å². The topological polar surface area (TPSA) is 43.8 Å². The number of carboxylic acid groups (broad SMARTS) is 1. The highest BCUT2D eigenvalue weighted by Crippen LogP contribution is 2.19. The summed E-state index contributed by atoms with van der Waals surface area (Å²) < 4.78 is 0. The molecule has 1 aromatic carbocycles. The first-order chi connectivity index (χ1) is 7.66. The molecule has 0 radical (unpaired) electrons. The molecule has 0 saturated carbocycles. The third-order valence-corrected chi connectivity index (χ3v) is 2.99. The fourth-order valence-electron chi connectivity index (χ4n) is 1.81. The normalized spacial score (nSPS) is 16.3. The van der Waals surface area contributed by atoms with E-state index in [1.54, 1.807) is 0 Å². The Bertz CT molecular complexity index is 372. The van der Waals surface area contributed by atoms with Crippen molar-refractivity contribution in [1.29, 1.82) is 0 Å². The van der Waals surface area contributed by atoms with E-state index in [1.165, 1.54) is 4.90 Å². The van der Waals surface area contributed by atoms with Crippen LogP contribution in [0.2, 0.25) is 5.02 Å². The van der Waals surface area contributed by atoms with Crippen molar-refractivity contribution in [2.24, 2.45) is 0 Å². The monoisotopic (exact) mass is 240 g/mol. The molecule has 0 aromatic heterocycles. The number of carbonyl (C=O) groups is 1. The maximum Gasteiger partial charge on any atom is 0.407 e. The van der Waals surface area contributed by atoms with Crippen LogP contribution >= 0.6 is 11.6 Å². The number of halogens is 1. The van der Waals surface area contributed by atoms with Gasteiger partial charge in [-0.15, -0.1) is 0 Å². The van der Waals surface area contributed by atoms with E-state index in [1.807, 2.05) is 24.3 Å². The van der Waals surface area contributed by atoms with Crippen molar-refractivity contribution in [2.75, 3.05) is 31.1 Å². The van der Waals surface area contributed by atoms with Crippen LogP contribution in [-0.4, -0.2) is 42.3 Å². The summed E-state index contributed by atoms with van der Waals surface area (Å²) in [6.07, 6.45) is -0.837. The van der Waals surface area contributed by atoms with Crippen molar-refractivity contribution in [3.63, 3.8) is 0 Å². The van der Waals surface area contributed by atoms with Gasteiger partial charge >= 0.3 is 6.09 Å².